The molecule has 2 atom stereocenters. The molecule has 0 aliphatic heterocycles. The van der Waals surface area contributed by atoms with E-state index in [0.29, 0.717) is 11.7 Å². The lowest BCUT2D eigenvalue weighted by molar-refractivity contribution is -0.129. The van der Waals surface area contributed by atoms with Crippen molar-refractivity contribution >= 4 is 5.78 Å². The molecule has 1 heteroatoms. The first-order chi connectivity index (χ1) is 8.87. The van der Waals surface area contributed by atoms with Crippen molar-refractivity contribution in [3.8, 4) is 0 Å². The van der Waals surface area contributed by atoms with Gasteiger partial charge in [0.25, 0.3) is 0 Å². The molecular formula is C18H24O. The van der Waals surface area contributed by atoms with Crippen molar-refractivity contribution in [2.45, 2.75) is 53.4 Å². The minimum atomic E-state index is -0.0871. The van der Waals surface area contributed by atoms with Crippen LogP contribution in [-0.4, -0.2) is 5.78 Å². The molecule has 0 radical (unpaired) electrons. The van der Waals surface area contributed by atoms with Gasteiger partial charge in [0.2, 0.25) is 0 Å². The van der Waals surface area contributed by atoms with E-state index in [1.165, 1.54) is 23.1 Å². The zero-order chi connectivity index (χ0) is 13.8. The zero-order valence-corrected chi connectivity index (χ0v) is 12.5. The topological polar surface area (TPSA) is 17.1 Å². The second kappa shape index (κ2) is 3.94. The van der Waals surface area contributed by atoms with Gasteiger partial charge in [0, 0.05) is 11.8 Å². The van der Waals surface area contributed by atoms with Crippen LogP contribution in [-0.2, 0) is 11.2 Å². The predicted molar refractivity (Wildman–Crippen MR) is 78.2 cm³/mol. The predicted octanol–water partition coefficient (Wildman–Crippen LogP) is 4.24. The number of rotatable bonds is 2. The van der Waals surface area contributed by atoms with Gasteiger partial charge >= 0.3 is 0 Å². The Hall–Kier alpha value is -1.11. The Balaban J connectivity index is 2.02. The van der Waals surface area contributed by atoms with Crippen LogP contribution in [0, 0.1) is 30.6 Å². The zero-order valence-electron chi connectivity index (χ0n) is 12.5. The van der Waals surface area contributed by atoms with Crippen LogP contribution in [0.2, 0.25) is 0 Å². The second-order valence-electron chi connectivity index (χ2n) is 7.27. The number of carbonyl (C=O) groups is 1. The molecule has 102 valence electrons. The lowest BCUT2D eigenvalue weighted by Crippen LogP contribution is -2.38. The third-order valence-electron chi connectivity index (χ3n) is 6.14. The van der Waals surface area contributed by atoms with Crippen LogP contribution in [0.5, 0.6) is 0 Å². The molecule has 2 aliphatic carbocycles. The monoisotopic (exact) mass is 256 g/mol. The van der Waals surface area contributed by atoms with Crippen LogP contribution in [0.3, 0.4) is 0 Å². The Morgan fingerprint density at radius 3 is 2.58 bits per heavy atom. The third-order valence-corrected chi connectivity index (χ3v) is 6.14. The first-order valence-electron chi connectivity index (χ1n) is 7.46. The summed E-state index contributed by atoms with van der Waals surface area (Å²) in [6, 6.07) is 6.63. The fourth-order valence-electron chi connectivity index (χ4n) is 4.50. The van der Waals surface area contributed by atoms with Crippen LogP contribution in [0.4, 0.5) is 0 Å². The summed E-state index contributed by atoms with van der Waals surface area (Å²) in [5.41, 5.74) is 4.11. The van der Waals surface area contributed by atoms with Crippen LogP contribution in [0.15, 0.2) is 18.2 Å². The summed E-state index contributed by atoms with van der Waals surface area (Å²) in [6.45, 7) is 8.95. The van der Waals surface area contributed by atoms with Gasteiger partial charge in [-0.15, -0.1) is 0 Å². The number of carbonyl (C=O) groups excluding carboxylic acids is 1. The van der Waals surface area contributed by atoms with E-state index >= 15 is 0 Å². The van der Waals surface area contributed by atoms with Crippen LogP contribution in [0.1, 0.15) is 49.8 Å². The minimum absolute atomic E-state index is 0.0871. The van der Waals surface area contributed by atoms with Crippen molar-refractivity contribution in [3.05, 3.63) is 34.9 Å². The highest BCUT2D eigenvalue weighted by Gasteiger charge is 2.63. The first-order valence-corrected chi connectivity index (χ1v) is 7.46. The molecule has 0 spiro atoms. The van der Waals surface area contributed by atoms with Crippen LogP contribution >= 0.6 is 0 Å². The summed E-state index contributed by atoms with van der Waals surface area (Å²) in [5.74, 6) is 1.14. The number of aryl methyl sites for hydroxylation is 2. The molecule has 0 saturated heterocycles. The number of hydrogen-bond donors (Lipinski definition) is 0. The molecule has 0 heterocycles. The van der Waals surface area contributed by atoms with Gasteiger partial charge in [-0.3, -0.25) is 4.79 Å². The molecule has 2 aliphatic rings. The van der Waals surface area contributed by atoms with Crippen molar-refractivity contribution in [1.82, 2.24) is 0 Å². The minimum Gasteiger partial charge on any atom is -0.299 e. The van der Waals surface area contributed by atoms with Crippen molar-refractivity contribution in [1.29, 1.82) is 0 Å². The van der Waals surface area contributed by atoms with Crippen LogP contribution < -0.4 is 0 Å². The number of fused-ring (bicyclic) bond motifs is 2. The molecule has 1 aromatic carbocycles. The van der Waals surface area contributed by atoms with Gasteiger partial charge in [-0.05, 0) is 55.6 Å². The average Bonchev–Trinajstić information content (AvgIpc) is 2.68. The van der Waals surface area contributed by atoms with Gasteiger partial charge < -0.3 is 0 Å². The average molecular weight is 256 g/mol. The van der Waals surface area contributed by atoms with E-state index in [1.807, 2.05) is 0 Å². The Morgan fingerprint density at radius 2 is 2.00 bits per heavy atom. The van der Waals surface area contributed by atoms with E-state index in [4.69, 9.17) is 0 Å². The van der Waals surface area contributed by atoms with E-state index in [9.17, 15) is 4.79 Å². The molecule has 19 heavy (non-hydrogen) atoms. The molecule has 2 fully saturated rings. The maximum Gasteiger partial charge on any atom is 0.140 e. The normalized spacial score (nSPS) is 32.0. The smallest absolute Gasteiger partial charge is 0.140 e. The van der Waals surface area contributed by atoms with E-state index < -0.39 is 0 Å². The Kier molecular flexibility index (Phi) is 2.68. The summed E-state index contributed by atoms with van der Waals surface area (Å²) in [4.78, 5) is 12.6. The summed E-state index contributed by atoms with van der Waals surface area (Å²) in [7, 11) is 0. The summed E-state index contributed by atoms with van der Waals surface area (Å²) in [6.07, 6.45) is 4.10. The van der Waals surface area contributed by atoms with E-state index in [-0.39, 0.29) is 10.8 Å². The van der Waals surface area contributed by atoms with Crippen molar-refractivity contribution in [2.75, 3.05) is 0 Å². The number of benzene rings is 1. The Labute approximate surface area is 116 Å². The van der Waals surface area contributed by atoms with Gasteiger partial charge in [0.1, 0.15) is 5.78 Å². The van der Waals surface area contributed by atoms with E-state index in [1.54, 1.807) is 0 Å². The van der Waals surface area contributed by atoms with Gasteiger partial charge in [-0.25, -0.2) is 0 Å². The summed E-state index contributed by atoms with van der Waals surface area (Å²) < 4.78 is 0. The molecule has 0 amide bonds. The lowest BCUT2D eigenvalue weighted by atomic mass is 9.65. The van der Waals surface area contributed by atoms with Crippen molar-refractivity contribution in [3.63, 3.8) is 0 Å². The molecule has 3 rings (SSSR count). The maximum atomic E-state index is 12.6. The highest BCUT2D eigenvalue weighted by Crippen LogP contribution is 2.65. The SMILES string of the molecule is Cc1ccc(C)c(CC23CCC(CC2=O)C3(C)C)c1. The molecule has 1 aromatic rings. The number of ketones is 1. The van der Waals surface area contributed by atoms with Gasteiger partial charge in [0.15, 0.2) is 0 Å². The maximum absolute atomic E-state index is 12.6. The molecule has 0 N–H and O–H groups in total. The van der Waals surface area contributed by atoms with Crippen molar-refractivity contribution in [2.24, 2.45) is 16.7 Å². The first kappa shape index (κ1) is 12.9. The Morgan fingerprint density at radius 1 is 1.26 bits per heavy atom. The third kappa shape index (κ3) is 1.63. The summed E-state index contributed by atoms with van der Waals surface area (Å²) >= 11 is 0. The van der Waals surface area contributed by atoms with E-state index in [0.717, 1.165) is 19.3 Å². The Bertz CT molecular complexity index is 541. The highest BCUT2D eigenvalue weighted by atomic mass is 16.1. The largest absolute Gasteiger partial charge is 0.299 e. The molecular weight excluding hydrogens is 232 g/mol. The van der Waals surface area contributed by atoms with Crippen molar-refractivity contribution < 1.29 is 4.79 Å². The molecule has 2 bridgehead atoms. The standard InChI is InChI=1S/C18H24O/c1-12-5-6-13(2)14(9-12)11-18-8-7-15(10-16(18)19)17(18,3)4/h5-6,9,15H,7-8,10-11H2,1-4H3. The molecule has 0 aromatic heterocycles. The lowest BCUT2D eigenvalue weighted by Gasteiger charge is -2.37. The fourth-order valence-corrected chi connectivity index (χ4v) is 4.50. The molecule has 1 nitrogen and oxygen atoms in total. The summed E-state index contributed by atoms with van der Waals surface area (Å²) in [5, 5.41) is 0. The molecule has 2 unspecified atom stereocenters. The second-order valence-corrected chi connectivity index (χ2v) is 7.27. The fraction of sp³-hybridized carbons (Fsp3) is 0.611. The highest BCUT2D eigenvalue weighted by molar-refractivity contribution is 5.90. The van der Waals surface area contributed by atoms with E-state index in [2.05, 4.69) is 45.9 Å². The number of hydrogen-bond acceptors (Lipinski definition) is 1. The quantitative estimate of drug-likeness (QED) is 0.773. The van der Waals surface area contributed by atoms with Gasteiger partial charge in [-0.1, -0.05) is 37.6 Å². The van der Waals surface area contributed by atoms with Gasteiger partial charge in [0.05, 0.1) is 0 Å². The number of Topliss-reactive ketones (excluding diaryl/α,β-unsaturated/α-hetero) is 1. The molecule has 2 saturated carbocycles. The van der Waals surface area contributed by atoms with Crippen LogP contribution in [0.25, 0.3) is 0 Å². The van der Waals surface area contributed by atoms with Gasteiger partial charge in [-0.2, -0.15) is 0 Å².